The lowest BCUT2D eigenvalue weighted by Gasteiger charge is -2.15. The fourth-order valence-electron chi connectivity index (χ4n) is 1.93. The Hall–Kier alpha value is -2.15. The topological polar surface area (TPSA) is 17.1 Å². The van der Waals surface area contributed by atoms with E-state index in [2.05, 4.69) is 6.58 Å². The Morgan fingerprint density at radius 2 is 1.33 bits per heavy atom. The standard InChI is InChI=1S/C11H10O.C6H6/c1-8-6-7-9-4-2-3-5-10(9)11(8)12;1-2-4-6-5-3-1/h2-5H,1,6-7H2;1-6H. The number of allylic oxidation sites excluding steroid dienone is 1. The summed E-state index contributed by atoms with van der Waals surface area (Å²) in [5, 5.41) is 0. The minimum atomic E-state index is 0.122. The first-order valence-electron chi connectivity index (χ1n) is 6.09. The molecule has 0 N–H and O–H groups in total. The molecule has 0 heterocycles. The number of ketones is 1. The van der Waals surface area contributed by atoms with Crippen LogP contribution in [0.4, 0.5) is 0 Å². The maximum Gasteiger partial charge on any atom is 0.188 e. The van der Waals surface area contributed by atoms with Crippen molar-refractivity contribution < 1.29 is 4.79 Å². The van der Waals surface area contributed by atoms with E-state index in [0.29, 0.717) is 0 Å². The molecule has 0 atom stereocenters. The van der Waals surface area contributed by atoms with Crippen molar-refractivity contribution in [2.24, 2.45) is 0 Å². The smallest absolute Gasteiger partial charge is 0.188 e. The highest BCUT2D eigenvalue weighted by atomic mass is 16.1. The first kappa shape index (κ1) is 12.3. The van der Waals surface area contributed by atoms with E-state index in [1.54, 1.807) is 0 Å². The van der Waals surface area contributed by atoms with E-state index >= 15 is 0 Å². The number of hydrogen-bond acceptors (Lipinski definition) is 1. The van der Waals surface area contributed by atoms with Crippen LogP contribution in [-0.2, 0) is 6.42 Å². The van der Waals surface area contributed by atoms with Crippen LogP contribution in [0.15, 0.2) is 72.8 Å². The van der Waals surface area contributed by atoms with Gasteiger partial charge in [0.05, 0.1) is 0 Å². The number of rotatable bonds is 0. The van der Waals surface area contributed by atoms with E-state index < -0.39 is 0 Å². The van der Waals surface area contributed by atoms with Crippen molar-refractivity contribution in [1.82, 2.24) is 0 Å². The Bertz CT molecular complexity index is 514. The molecule has 0 amide bonds. The molecule has 0 saturated carbocycles. The molecule has 3 rings (SSSR count). The number of fused-ring (bicyclic) bond motifs is 1. The predicted molar refractivity (Wildman–Crippen MR) is 74.7 cm³/mol. The van der Waals surface area contributed by atoms with Gasteiger partial charge in [0.25, 0.3) is 0 Å². The second-order valence-corrected chi connectivity index (χ2v) is 4.24. The van der Waals surface area contributed by atoms with Crippen LogP contribution in [-0.4, -0.2) is 5.78 Å². The van der Waals surface area contributed by atoms with Crippen molar-refractivity contribution >= 4 is 5.78 Å². The molecule has 1 heteroatoms. The van der Waals surface area contributed by atoms with Crippen LogP contribution in [0.3, 0.4) is 0 Å². The first-order valence-corrected chi connectivity index (χ1v) is 6.09. The van der Waals surface area contributed by atoms with Gasteiger partial charge in [-0.3, -0.25) is 4.79 Å². The highest BCUT2D eigenvalue weighted by molar-refractivity contribution is 6.10. The summed E-state index contributed by atoms with van der Waals surface area (Å²) in [5.74, 6) is 0.122. The molecule has 0 radical (unpaired) electrons. The van der Waals surface area contributed by atoms with Crippen LogP contribution >= 0.6 is 0 Å². The van der Waals surface area contributed by atoms with Crippen molar-refractivity contribution in [2.45, 2.75) is 12.8 Å². The average Bonchev–Trinajstić information content (AvgIpc) is 2.46. The third kappa shape index (κ3) is 2.95. The molecular formula is C17H16O. The maximum absolute atomic E-state index is 11.5. The molecule has 0 aromatic heterocycles. The van der Waals surface area contributed by atoms with Crippen molar-refractivity contribution in [1.29, 1.82) is 0 Å². The summed E-state index contributed by atoms with van der Waals surface area (Å²) in [5.41, 5.74) is 2.75. The molecule has 1 aliphatic carbocycles. The van der Waals surface area contributed by atoms with E-state index in [1.165, 1.54) is 0 Å². The minimum absolute atomic E-state index is 0.122. The van der Waals surface area contributed by atoms with Crippen LogP contribution in [0.5, 0.6) is 0 Å². The summed E-state index contributed by atoms with van der Waals surface area (Å²) >= 11 is 0. The lowest BCUT2D eigenvalue weighted by atomic mass is 9.88. The Morgan fingerprint density at radius 1 is 0.778 bits per heavy atom. The van der Waals surface area contributed by atoms with E-state index in [4.69, 9.17) is 0 Å². The number of carbonyl (C=O) groups excluding carboxylic acids is 1. The third-order valence-corrected chi connectivity index (χ3v) is 2.95. The fraction of sp³-hybridized carbons (Fsp3) is 0.118. The first-order chi connectivity index (χ1) is 8.79. The summed E-state index contributed by atoms with van der Waals surface area (Å²) in [6, 6.07) is 19.8. The second-order valence-electron chi connectivity index (χ2n) is 4.24. The zero-order valence-corrected chi connectivity index (χ0v) is 10.3. The lowest BCUT2D eigenvalue weighted by Crippen LogP contribution is -2.12. The molecule has 18 heavy (non-hydrogen) atoms. The van der Waals surface area contributed by atoms with Crippen molar-refractivity contribution in [3.63, 3.8) is 0 Å². The fourth-order valence-corrected chi connectivity index (χ4v) is 1.93. The number of benzene rings is 2. The third-order valence-electron chi connectivity index (χ3n) is 2.95. The summed E-state index contributed by atoms with van der Waals surface area (Å²) < 4.78 is 0. The van der Waals surface area contributed by atoms with E-state index in [0.717, 1.165) is 29.5 Å². The van der Waals surface area contributed by atoms with Gasteiger partial charge in [0, 0.05) is 5.56 Å². The quantitative estimate of drug-likeness (QED) is 0.630. The summed E-state index contributed by atoms with van der Waals surface area (Å²) in [4.78, 5) is 11.5. The Morgan fingerprint density at radius 3 is 1.94 bits per heavy atom. The molecule has 1 aliphatic rings. The SMILES string of the molecule is C=C1CCc2ccccc2C1=O.c1ccccc1. The summed E-state index contributed by atoms with van der Waals surface area (Å²) in [6.45, 7) is 3.74. The van der Waals surface area contributed by atoms with Crippen LogP contribution in [0.25, 0.3) is 0 Å². The van der Waals surface area contributed by atoms with Gasteiger partial charge < -0.3 is 0 Å². The normalized spacial score (nSPS) is 13.3. The van der Waals surface area contributed by atoms with Gasteiger partial charge in [-0.2, -0.15) is 0 Å². The van der Waals surface area contributed by atoms with Gasteiger partial charge in [0.1, 0.15) is 0 Å². The highest BCUT2D eigenvalue weighted by Gasteiger charge is 2.18. The largest absolute Gasteiger partial charge is 0.289 e. The molecule has 0 unspecified atom stereocenters. The zero-order valence-electron chi connectivity index (χ0n) is 10.3. The highest BCUT2D eigenvalue weighted by Crippen LogP contribution is 2.23. The second kappa shape index (κ2) is 5.97. The van der Waals surface area contributed by atoms with Crippen LogP contribution < -0.4 is 0 Å². The van der Waals surface area contributed by atoms with Gasteiger partial charge in [0.2, 0.25) is 0 Å². The molecule has 1 nitrogen and oxygen atoms in total. The van der Waals surface area contributed by atoms with Crippen molar-refractivity contribution in [3.8, 4) is 0 Å². The molecule has 0 bridgehead atoms. The maximum atomic E-state index is 11.5. The molecular weight excluding hydrogens is 220 g/mol. The molecule has 0 aliphatic heterocycles. The average molecular weight is 236 g/mol. The Labute approximate surface area is 108 Å². The molecule has 2 aromatic rings. The van der Waals surface area contributed by atoms with Crippen LogP contribution in [0, 0.1) is 0 Å². The van der Waals surface area contributed by atoms with Crippen molar-refractivity contribution in [3.05, 3.63) is 83.9 Å². The zero-order chi connectivity index (χ0) is 12.8. The van der Waals surface area contributed by atoms with Crippen molar-refractivity contribution in [2.75, 3.05) is 0 Å². The van der Waals surface area contributed by atoms with Gasteiger partial charge in [-0.15, -0.1) is 0 Å². The molecule has 0 spiro atoms. The van der Waals surface area contributed by atoms with Gasteiger partial charge in [-0.1, -0.05) is 67.2 Å². The predicted octanol–water partition coefficient (Wildman–Crippen LogP) is 4.06. The Balaban J connectivity index is 0.000000169. The number of Topliss-reactive ketones (excluding diaryl/α,β-unsaturated/α-hetero) is 1. The minimum Gasteiger partial charge on any atom is -0.289 e. The molecule has 2 aromatic carbocycles. The van der Waals surface area contributed by atoms with E-state index in [-0.39, 0.29) is 5.78 Å². The van der Waals surface area contributed by atoms with E-state index in [1.807, 2.05) is 60.7 Å². The van der Waals surface area contributed by atoms with Crippen LogP contribution in [0.1, 0.15) is 22.3 Å². The number of carbonyl (C=O) groups is 1. The monoisotopic (exact) mass is 236 g/mol. The van der Waals surface area contributed by atoms with Gasteiger partial charge >= 0.3 is 0 Å². The molecule has 0 fully saturated rings. The summed E-state index contributed by atoms with van der Waals surface area (Å²) in [6.07, 6.45) is 1.77. The van der Waals surface area contributed by atoms with Gasteiger partial charge in [-0.05, 0) is 24.0 Å². The van der Waals surface area contributed by atoms with Crippen LogP contribution in [0.2, 0.25) is 0 Å². The van der Waals surface area contributed by atoms with Gasteiger partial charge in [-0.25, -0.2) is 0 Å². The number of hydrogen-bond donors (Lipinski definition) is 0. The molecule has 90 valence electrons. The Kier molecular flexibility index (Phi) is 4.08. The summed E-state index contributed by atoms with van der Waals surface area (Å²) in [7, 11) is 0. The van der Waals surface area contributed by atoms with Gasteiger partial charge in [0.15, 0.2) is 5.78 Å². The lowest BCUT2D eigenvalue weighted by molar-refractivity contribution is 0.102. The number of aryl methyl sites for hydroxylation is 1. The van der Waals surface area contributed by atoms with E-state index in [9.17, 15) is 4.79 Å². The molecule has 0 saturated heterocycles.